The number of H-pyrrole nitrogens is 1. The zero-order valence-corrected chi connectivity index (χ0v) is 19.1. The van der Waals surface area contributed by atoms with Crippen LogP contribution < -0.4 is 10.3 Å². The molecule has 1 aliphatic rings. The largest absolute Gasteiger partial charge is 0.486 e. The van der Waals surface area contributed by atoms with Crippen molar-refractivity contribution in [1.29, 1.82) is 0 Å². The summed E-state index contributed by atoms with van der Waals surface area (Å²) in [6, 6.07) is 16.3. The number of para-hydroxylation sites is 1. The lowest BCUT2D eigenvalue weighted by atomic mass is 9.96. The minimum atomic E-state index is -0.483. The minimum absolute atomic E-state index is 0.0512. The molecule has 2 N–H and O–H groups in total. The standard InChI is InChI=1S/C25H23ClN4O4/c26-21-18(27-24-28-22(29-30(24)23(21)33)16-6-2-1-3-7-16)14-34-20-9-5-4-8-17(20)19(32)10-11-25(15-31)12-13-25/h1-9,31H,10-15H2,(H,27,28,29). The van der Waals surface area contributed by atoms with Crippen molar-refractivity contribution in [3.8, 4) is 17.1 Å². The van der Waals surface area contributed by atoms with Gasteiger partial charge in [-0.25, -0.2) is 4.98 Å². The molecule has 2 heterocycles. The second-order valence-electron chi connectivity index (χ2n) is 8.62. The predicted octanol–water partition coefficient (Wildman–Crippen LogP) is 4.05. The maximum absolute atomic E-state index is 12.8. The minimum Gasteiger partial charge on any atom is -0.486 e. The summed E-state index contributed by atoms with van der Waals surface area (Å²) in [5.41, 5.74) is 0.919. The van der Waals surface area contributed by atoms with Crippen molar-refractivity contribution in [3.63, 3.8) is 0 Å². The number of rotatable bonds is 9. The van der Waals surface area contributed by atoms with Crippen molar-refractivity contribution in [3.05, 3.63) is 81.2 Å². The van der Waals surface area contributed by atoms with Crippen LogP contribution in [0.1, 0.15) is 41.7 Å². The number of aromatic nitrogens is 4. The Balaban J connectivity index is 1.37. The van der Waals surface area contributed by atoms with Gasteiger partial charge in [0.2, 0.25) is 0 Å². The van der Waals surface area contributed by atoms with Crippen LogP contribution in [0.25, 0.3) is 17.2 Å². The van der Waals surface area contributed by atoms with Gasteiger partial charge in [-0.15, -0.1) is 0 Å². The molecular formula is C25H23ClN4O4. The Morgan fingerprint density at radius 1 is 1.12 bits per heavy atom. The Bertz CT molecular complexity index is 1410. The third-order valence-electron chi connectivity index (χ3n) is 6.28. The fourth-order valence-corrected chi connectivity index (χ4v) is 4.09. The summed E-state index contributed by atoms with van der Waals surface area (Å²) in [7, 11) is 0. The van der Waals surface area contributed by atoms with Crippen LogP contribution in [-0.4, -0.2) is 37.1 Å². The summed E-state index contributed by atoms with van der Waals surface area (Å²) in [5, 5.41) is 12.3. The van der Waals surface area contributed by atoms with Crippen LogP contribution in [0.15, 0.2) is 59.4 Å². The number of Topliss-reactive ketones (excluding diaryl/α,β-unsaturated/α-hetero) is 1. The number of halogens is 1. The molecule has 1 fully saturated rings. The second-order valence-corrected chi connectivity index (χ2v) is 9.00. The van der Waals surface area contributed by atoms with Gasteiger partial charge in [0.15, 0.2) is 11.6 Å². The third-order valence-corrected chi connectivity index (χ3v) is 6.66. The summed E-state index contributed by atoms with van der Waals surface area (Å²) in [5.74, 6) is 1.01. The number of ketones is 1. The van der Waals surface area contributed by atoms with Crippen LogP contribution in [0.3, 0.4) is 0 Å². The first kappa shape index (κ1) is 22.3. The average molecular weight is 479 g/mol. The van der Waals surface area contributed by atoms with E-state index in [1.165, 1.54) is 4.52 Å². The van der Waals surface area contributed by atoms with E-state index >= 15 is 0 Å². The first-order valence-corrected chi connectivity index (χ1v) is 11.5. The Morgan fingerprint density at radius 2 is 1.85 bits per heavy atom. The lowest BCUT2D eigenvalue weighted by Crippen LogP contribution is -2.19. The normalized spacial score (nSPS) is 14.3. The van der Waals surface area contributed by atoms with E-state index in [-0.39, 0.29) is 40.9 Å². The molecule has 0 aliphatic heterocycles. The van der Waals surface area contributed by atoms with Gasteiger partial charge in [-0.2, -0.15) is 9.50 Å². The molecule has 0 amide bonds. The molecule has 0 saturated heterocycles. The number of aromatic amines is 1. The van der Waals surface area contributed by atoms with Crippen LogP contribution in [0.4, 0.5) is 0 Å². The maximum atomic E-state index is 12.8. The molecule has 5 rings (SSSR count). The molecule has 0 bridgehead atoms. The summed E-state index contributed by atoms with van der Waals surface area (Å²) in [6.07, 6.45) is 2.90. The topological polar surface area (TPSA) is 110 Å². The summed E-state index contributed by atoms with van der Waals surface area (Å²) in [4.78, 5) is 34.4. The number of carbonyl (C=O) groups is 1. The number of ether oxygens (including phenoxy) is 1. The van der Waals surface area contributed by atoms with E-state index in [0.29, 0.717) is 30.0 Å². The number of fused-ring (bicyclic) bond motifs is 1. The van der Waals surface area contributed by atoms with Crippen LogP contribution in [0.2, 0.25) is 5.02 Å². The van der Waals surface area contributed by atoms with E-state index < -0.39 is 5.56 Å². The zero-order chi connectivity index (χ0) is 23.7. The van der Waals surface area contributed by atoms with Crippen LogP contribution in [0, 0.1) is 5.41 Å². The first-order chi connectivity index (χ1) is 16.5. The van der Waals surface area contributed by atoms with E-state index in [2.05, 4.69) is 15.1 Å². The van der Waals surface area contributed by atoms with Crippen molar-refractivity contribution < 1.29 is 14.6 Å². The summed E-state index contributed by atoms with van der Waals surface area (Å²) >= 11 is 6.30. The van der Waals surface area contributed by atoms with Crippen molar-refractivity contribution in [1.82, 2.24) is 19.6 Å². The number of hydrogen-bond acceptors (Lipinski definition) is 6. The SMILES string of the molecule is O=C(CCC1(CO)CC1)c1ccccc1OCc1nc2nc(-c3ccccc3)[nH]n2c(=O)c1Cl. The Labute approximate surface area is 200 Å². The second kappa shape index (κ2) is 9.04. The highest BCUT2D eigenvalue weighted by Crippen LogP contribution is 2.49. The third kappa shape index (κ3) is 4.34. The monoisotopic (exact) mass is 478 g/mol. The zero-order valence-electron chi connectivity index (χ0n) is 18.3. The fraction of sp³-hybridized carbons (Fsp3) is 0.280. The van der Waals surface area contributed by atoms with Crippen LogP contribution in [-0.2, 0) is 6.61 Å². The van der Waals surface area contributed by atoms with Crippen LogP contribution in [0.5, 0.6) is 5.75 Å². The highest BCUT2D eigenvalue weighted by Gasteiger charge is 2.41. The summed E-state index contributed by atoms with van der Waals surface area (Å²) < 4.78 is 7.09. The number of nitrogens with zero attached hydrogens (tertiary/aromatic N) is 3. The Hall–Kier alpha value is -3.49. The molecule has 8 nitrogen and oxygen atoms in total. The molecular weight excluding hydrogens is 456 g/mol. The van der Waals surface area contributed by atoms with Crippen molar-refractivity contribution in [2.24, 2.45) is 5.41 Å². The Kier molecular flexibility index (Phi) is 5.93. The van der Waals surface area contributed by atoms with E-state index in [1.54, 1.807) is 24.3 Å². The quantitative estimate of drug-likeness (QED) is 0.351. The van der Waals surface area contributed by atoms with Crippen molar-refractivity contribution in [2.75, 3.05) is 6.61 Å². The van der Waals surface area contributed by atoms with Gasteiger partial charge in [0.05, 0.1) is 5.56 Å². The van der Waals surface area contributed by atoms with E-state index in [9.17, 15) is 14.7 Å². The molecule has 0 unspecified atom stereocenters. The number of carbonyl (C=O) groups excluding carboxylic acids is 1. The van der Waals surface area contributed by atoms with E-state index in [1.807, 2.05) is 30.3 Å². The van der Waals surface area contributed by atoms with Gasteiger partial charge in [-0.1, -0.05) is 54.1 Å². The highest BCUT2D eigenvalue weighted by atomic mass is 35.5. The molecule has 2 aromatic carbocycles. The lowest BCUT2D eigenvalue weighted by molar-refractivity contribution is 0.0957. The number of hydrogen-bond donors (Lipinski definition) is 2. The van der Waals surface area contributed by atoms with Crippen LogP contribution >= 0.6 is 11.6 Å². The molecule has 2 aromatic heterocycles. The molecule has 1 aliphatic carbocycles. The molecule has 9 heteroatoms. The van der Waals surface area contributed by atoms with Gasteiger partial charge in [-0.3, -0.25) is 14.7 Å². The Morgan fingerprint density at radius 3 is 2.59 bits per heavy atom. The van der Waals surface area contributed by atoms with Gasteiger partial charge in [0.1, 0.15) is 23.1 Å². The van der Waals surface area contributed by atoms with Crippen molar-refractivity contribution >= 4 is 23.2 Å². The number of benzene rings is 2. The van der Waals surface area contributed by atoms with Gasteiger partial charge < -0.3 is 9.84 Å². The lowest BCUT2D eigenvalue weighted by Gasteiger charge is -2.13. The maximum Gasteiger partial charge on any atom is 0.293 e. The van der Waals surface area contributed by atoms with Gasteiger partial charge in [0.25, 0.3) is 11.3 Å². The van der Waals surface area contributed by atoms with Gasteiger partial charge >= 0.3 is 0 Å². The van der Waals surface area contributed by atoms with Crippen molar-refractivity contribution in [2.45, 2.75) is 32.3 Å². The molecule has 4 aromatic rings. The first-order valence-electron chi connectivity index (χ1n) is 11.1. The molecule has 0 atom stereocenters. The smallest absolute Gasteiger partial charge is 0.293 e. The molecule has 0 spiro atoms. The molecule has 0 radical (unpaired) electrons. The van der Waals surface area contributed by atoms with E-state index in [4.69, 9.17) is 16.3 Å². The predicted molar refractivity (Wildman–Crippen MR) is 127 cm³/mol. The molecule has 1 saturated carbocycles. The summed E-state index contributed by atoms with van der Waals surface area (Å²) in [6.45, 7) is 0.0166. The number of nitrogens with one attached hydrogen (secondary N) is 1. The molecule has 174 valence electrons. The van der Waals surface area contributed by atoms with Gasteiger partial charge in [-0.05, 0) is 36.8 Å². The van der Waals surface area contributed by atoms with Gasteiger partial charge in [0, 0.05) is 18.6 Å². The number of aliphatic hydroxyl groups excluding tert-OH is 1. The number of aliphatic hydroxyl groups is 1. The highest BCUT2D eigenvalue weighted by molar-refractivity contribution is 6.31. The average Bonchev–Trinajstić information content (AvgIpc) is 3.54. The fourth-order valence-electron chi connectivity index (χ4n) is 3.91. The van der Waals surface area contributed by atoms with E-state index in [0.717, 1.165) is 18.4 Å². The molecule has 34 heavy (non-hydrogen) atoms.